The molecule has 4 heteroatoms. The van der Waals surface area contributed by atoms with E-state index in [1.54, 1.807) is 0 Å². The maximum atomic E-state index is 12.8. The summed E-state index contributed by atoms with van der Waals surface area (Å²) in [4.78, 5) is 25.5. The molecule has 0 spiro atoms. The first kappa shape index (κ1) is 29.7. The van der Waals surface area contributed by atoms with Crippen LogP contribution < -0.4 is 0 Å². The maximum Gasteiger partial charge on any atom is 0.311 e. The van der Waals surface area contributed by atoms with Crippen LogP contribution in [-0.4, -0.2) is 22.2 Å². The molecule has 1 aliphatic rings. The number of rotatable bonds is 20. The van der Waals surface area contributed by atoms with Gasteiger partial charge in [0.1, 0.15) is 0 Å². The Balaban J connectivity index is 2.77. The minimum Gasteiger partial charge on any atom is -0.481 e. The number of carbonyl (C=O) groups is 2. The maximum absolute atomic E-state index is 12.8. The van der Waals surface area contributed by atoms with Gasteiger partial charge in [-0.05, 0) is 25.2 Å². The third-order valence-electron chi connectivity index (χ3n) is 8.20. The molecule has 192 valence electrons. The standard InChI is InChI=1S/C29H52O4/c1-4-6-8-10-12-14-16-18-22-28(26(30)31)23-20-21-25(3)29(28,27(32)33)24-19-17-15-13-11-9-7-5-2/h20-21,25H,4-19,22-24H2,1-3H3,(H,30,31)(H,32,33). The average molecular weight is 465 g/mol. The summed E-state index contributed by atoms with van der Waals surface area (Å²) in [5.74, 6) is -2.09. The first-order valence-electron chi connectivity index (χ1n) is 14.0. The average Bonchev–Trinajstić information content (AvgIpc) is 2.78. The Morgan fingerprint density at radius 1 is 0.697 bits per heavy atom. The van der Waals surface area contributed by atoms with E-state index in [0.29, 0.717) is 19.3 Å². The largest absolute Gasteiger partial charge is 0.481 e. The molecule has 3 atom stereocenters. The first-order valence-corrected chi connectivity index (χ1v) is 14.0. The highest BCUT2D eigenvalue weighted by atomic mass is 16.4. The topological polar surface area (TPSA) is 74.6 Å². The van der Waals surface area contributed by atoms with Crippen LogP contribution >= 0.6 is 0 Å². The van der Waals surface area contributed by atoms with Crippen molar-refractivity contribution in [3.8, 4) is 0 Å². The SMILES string of the molecule is CCCCCCCCCCC1(C(=O)O)CC=CC(C)C1(CCCCCCCCCC)C(=O)O. The van der Waals surface area contributed by atoms with Crippen molar-refractivity contribution in [2.24, 2.45) is 16.7 Å². The molecule has 0 radical (unpaired) electrons. The van der Waals surface area contributed by atoms with Gasteiger partial charge in [0, 0.05) is 0 Å². The summed E-state index contributed by atoms with van der Waals surface area (Å²) in [6.07, 6.45) is 23.4. The van der Waals surface area contributed by atoms with E-state index >= 15 is 0 Å². The van der Waals surface area contributed by atoms with Crippen LogP contribution in [0.4, 0.5) is 0 Å². The van der Waals surface area contributed by atoms with Gasteiger partial charge in [-0.1, -0.05) is 136 Å². The van der Waals surface area contributed by atoms with Gasteiger partial charge in [-0.2, -0.15) is 0 Å². The van der Waals surface area contributed by atoms with Crippen molar-refractivity contribution in [2.45, 2.75) is 143 Å². The Hall–Kier alpha value is -1.32. The van der Waals surface area contributed by atoms with Crippen LogP contribution in [0.1, 0.15) is 143 Å². The van der Waals surface area contributed by atoms with Crippen LogP contribution in [0.2, 0.25) is 0 Å². The lowest BCUT2D eigenvalue weighted by Gasteiger charge is -2.50. The quantitative estimate of drug-likeness (QED) is 0.139. The molecule has 1 aliphatic carbocycles. The van der Waals surface area contributed by atoms with Gasteiger partial charge in [0.25, 0.3) is 0 Å². The lowest BCUT2D eigenvalue weighted by molar-refractivity contribution is -0.182. The number of carboxylic acids is 2. The van der Waals surface area contributed by atoms with Crippen LogP contribution in [0.3, 0.4) is 0 Å². The molecule has 0 amide bonds. The molecule has 2 N–H and O–H groups in total. The zero-order valence-corrected chi connectivity index (χ0v) is 21.9. The molecule has 0 fully saturated rings. The highest BCUT2D eigenvalue weighted by Crippen LogP contribution is 2.57. The zero-order chi connectivity index (χ0) is 24.6. The number of allylic oxidation sites excluding steroid dienone is 2. The summed E-state index contributed by atoms with van der Waals surface area (Å²) in [5.41, 5.74) is -2.41. The minimum absolute atomic E-state index is 0.265. The fraction of sp³-hybridized carbons (Fsp3) is 0.862. The predicted octanol–water partition coefficient (Wildman–Crippen LogP) is 8.79. The molecule has 0 bridgehead atoms. The van der Waals surface area contributed by atoms with Crippen molar-refractivity contribution in [1.82, 2.24) is 0 Å². The predicted molar refractivity (Wildman–Crippen MR) is 138 cm³/mol. The molecule has 0 aromatic rings. The molecule has 1 rings (SSSR count). The molecule has 33 heavy (non-hydrogen) atoms. The fourth-order valence-electron chi connectivity index (χ4n) is 6.04. The molecular formula is C29H52O4. The van der Waals surface area contributed by atoms with Crippen molar-refractivity contribution >= 4 is 11.9 Å². The number of unbranched alkanes of at least 4 members (excludes halogenated alkanes) is 14. The van der Waals surface area contributed by atoms with Crippen molar-refractivity contribution in [2.75, 3.05) is 0 Å². The second kappa shape index (κ2) is 16.3. The van der Waals surface area contributed by atoms with Gasteiger partial charge in [0.2, 0.25) is 0 Å². The van der Waals surface area contributed by atoms with Crippen LogP contribution in [0.15, 0.2) is 12.2 Å². The van der Waals surface area contributed by atoms with Gasteiger partial charge in [-0.3, -0.25) is 9.59 Å². The second-order valence-electron chi connectivity index (χ2n) is 10.5. The summed E-state index contributed by atoms with van der Waals surface area (Å²) < 4.78 is 0. The third-order valence-corrected chi connectivity index (χ3v) is 8.20. The van der Waals surface area contributed by atoms with E-state index in [1.165, 1.54) is 64.2 Å². The van der Waals surface area contributed by atoms with Crippen molar-refractivity contribution in [3.63, 3.8) is 0 Å². The second-order valence-corrected chi connectivity index (χ2v) is 10.5. The van der Waals surface area contributed by atoms with Crippen molar-refractivity contribution in [1.29, 1.82) is 0 Å². The van der Waals surface area contributed by atoms with Gasteiger partial charge in [0.05, 0.1) is 10.8 Å². The van der Waals surface area contributed by atoms with E-state index in [0.717, 1.165) is 38.5 Å². The number of hydrogen-bond acceptors (Lipinski definition) is 2. The highest BCUT2D eigenvalue weighted by Gasteiger charge is 2.63. The van der Waals surface area contributed by atoms with E-state index in [1.807, 2.05) is 19.1 Å². The summed E-state index contributed by atoms with van der Waals surface area (Å²) >= 11 is 0. The Kier molecular flexibility index (Phi) is 14.7. The highest BCUT2D eigenvalue weighted by molar-refractivity contribution is 5.88. The lowest BCUT2D eigenvalue weighted by Crippen LogP contribution is -2.57. The molecule has 0 aromatic carbocycles. The van der Waals surface area contributed by atoms with Crippen molar-refractivity contribution in [3.05, 3.63) is 12.2 Å². The zero-order valence-electron chi connectivity index (χ0n) is 21.9. The van der Waals surface area contributed by atoms with Crippen LogP contribution in [0.5, 0.6) is 0 Å². The lowest BCUT2D eigenvalue weighted by atomic mass is 9.50. The van der Waals surface area contributed by atoms with Gasteiger partial charge in [0.15, 0.2) is 0 Å². The van der Waals surface area contributed by atoms with Gasteiger partial charge in [-0.15, -0.1) is 0 Å². The Labute approximate surface area is 203 Å². The molecule has 0 aliphatic heterocycles. The Morgan fingerprint density at radius 2 is 1.12 bits per heavy atom. The van der Waals surface area contributed by atoms with E-state index in [-0.39, 0.29) is 5.92 Å². The summed E-state index contributed by atoms with van der Waals surface area (Å²) in [5, 5.41) is 20.9. The van der Waals surface area contributed by atoms with Crippen LogP contribution in [0, 0.1) is 16.7 Å². The van der Waals surface area contributed by atoms with E-state index < -0.39 is 22.8 Å². The molecule has 0 saturated carbocycles. The van der Waals surface area contributed by atoms with E-state index in [4.69, 9.17) is 0 Å². The molecule has 0 heterocycles. The number of aliphatic carboxylic acids is 2. The van der Waals surface area contributed by atoms with Crippen LogP contribution in [-0.2, 0) is 9.59 Å². The molecule has 3 unspecified atom stereocenters. The van der Waals surface area contributed by atoms with E-state index in [2.05, 4.69) is 13.8 Å². The van der Waals surface area contributed by atoms with Gasteiger partial charge in [-0.25, -0.2) is 0 Å². The Morgan fingerprint density at radius 3 is 1.55 bits per heavy atom. The van der Waals surface area contributed by atoms with Gasteiger partial charge >= 0.3 is 11.9 Å². The molecule has 0 saturated heterocycles. The van der Waals surface area contributed by atoms with Crippen molar-refractivity contribution < 1.29 is 19.8 Å². The Bertz CT molecular complexity index is 584. The number of carboxylic acid groups (broad SMARTS) is 2. The molecule has 0 aromatic heterocycles. The normalized spacial score (nSPS) is 24.8. The summed E-state index contributed by atoms with van der Waals surface area (Å²) in [6, 6.07) is 0. The minimum atomic E-state index is -1.21. The first-order chi connectivity index (χ1) is 15.9. The number of hydrogen-bond donors (Lipinski definition) is 2. The summed E-state index contributed by atoms with van der Waals surface area (Å²) in [6.45, 7) is 6.35. The monoisotopic (exact) mass is 464 g/mol. The smallest absolute Gasteiger partial charge is 0.311 e. The molecule has 4 nitrogen and oxygen atoms in total. The van der Waals surface area contributed by atoms with E-state index in [9.17, 15) is 19.8 Å². The fourth-order valence-corrected chi connectivity index (χ4v) is 6.04. The van der Waals surface area contributed by atoms with Gasteiger partial charge < -0.3 is 10.2 Å². The molecular weight excluding hydrogens is 412 g/mol. The summed E-state index contributed by atoms with van der Waals surface area (Å²) in [7, 11) is 0. The third kappa shape index (κ3) is 8.44. The van der Waals surface area contributed by atoms with Crippen LogP contribution in [0.25, 0.3) is 0 Å².